The van der Waals surface area contributed by atoms with Crippen molar-refractivity contribution in [1.29, 1.82) is 0 Å². The van der Waals surface area contributed by atoms with Gasteiger partial charge in [0.15, 0.2) is 16.6 Å². The number of nitrogens with two attached hydrogens (primary N) is 1. The molecule has 0 aliphatic heterocycles. The average Bonchev–Trinajstić information content (AvgIpc) is 2.96. The molecule has 1 amide bonds. The van der Waals surface area contributed by atoms with Crippen LogP contribution in [0.2, 0.25) is 0 Å². The lowest BCUT2D eigenvalue weighted by Gasteiger charge is -2.06. The molecule has 10 heteroatoms. The molecule has 9 nitrogen and oxygen atoms in total. The predicted molar refractivity (Wildman–Crippen MR) is 88.9 cm³/mol. The zero-order valence-corrected chi connectivity index (χ0v) is 13.4. The Morgan fingerprint density at radius 3 is 2.79 bits per heavy atom. The van der Waals surface area contributed by atoms with E-state index in [0.717, 1.165) is 4.88 Å². The Morgan fingerprint density at radius 1 is 1.29 bits per heavy atom. The first-order valence-electron chi connectivity index (χ1n) is 6.91. The maximum absolute atomic E-state index is 12.3. The van der Waals surface area contributed by atoms with Crippen molar-refractivity contribution in [3.63, 3.8) is 0 Å². The number of thiazole rings is 1. The van der Waals surface area contributed by atoms with Crippen LogP contribution in [0.1, 0.15) is 26.8 Å². The minimum Gasteiger partial charge on any atom is -0.382 e. The number of carbonyl (C=O) groups is 1. The normalized spacial score (nSPS) is 10.5. The highest BCUT2D eigenvalue weighted by atomic mass is 32.1. The first-order valence-corrected chi connectivity index (χ1v) is 7.72. The highest BCUT2D eigenvalue weighted by Gasteiger charge is 2.16. The molecule has 4 N–H and O–H groups in total. The number of rotatable bonds is 4. The minimum atomic E-state index is -0.481. The van der Waals surface area contributed by atoms with Crippen LogP contribution in [-0.2, 0) is 6.42 Å². The highest BCUT2D eigenvalue weighted by Crippen LogP contribution is 2.18. The summed E-state index contributed by atoms with van der Waals surface area (Å²) >= 11 is 1.35. The summed E-state index contributed by atoms with van der Waals surface area (Å²) in [4.78, 5) is 36.6. The zero-order chi connectivity index (χ0) is 17.1. The lowest BCUT2D eigenvalue weighted by Crippen LogP contribution is -2.18. The van der Waals surface area contributed by atoms with Gasteiger partial charge in [0.25, 0.3) is 11.5 Å². The van der Waals surface area contributed by atoms with Crippen LogP contribution in [-0.4, -0.2) is 31.1 Å². The van der Waals surface area contributed by atoms with Gasteiger partial charge in [0.05, 0.1) is 17.6 Å². The fourth-order valence-corrected chi connectivity index (χ4v) is 2.57. The Bertz CT molecular complexity index is 930. The molecule has 3 rings (SSSR count). The summed E-state index contributed by atoms with van der Waals surface area (Å²) in [6.07, 6.45) is 3.43. The number of nitrogen functional groups attached to an aromatic ring is 1. The minimum absolute atomic E-state index is 0.0183. The predicted octanol–water partition coefficient (Wildman–Crippen LogP) is 0.750. The van der Waals surface area contributed by atoms with E-state index in [0.29, 0.717) is 22.9 Å². The van der Waals surface area contributed by atoms with E-state index in [4.69, 9.17) is 5.73 Å². The molecule has 0 bridgehead atoms. The van der Waals surface area contributed by atoms with Crippen LogP contribution in [0, 0.1) is 6.92 Å². The molecular weight excluding hydrogens is 330 g/mol. The van der Waals surface area contributed by atoms with Crippen molar-refractivity contribution in [2.45, 2.75) is 13.3 Å². The van der Waals surface area contributed by atoms with Gasteiger partial charge in [0, 0.05) is 23.6 Å². The number of hydrogen-bond acceptors (Lipinski definition) is 8. The molecule has 0 unspecified atom stereocenters. The number of H-pyrrole nitrogens is 1. The molecule has 0 fully saturated rings. The van der Waals surface area contributed by atoms with E-state index in [9.17, 15) is 9.59 Å². The van der Waals surface area contributed by atoms with E-state index in [1.807, 2.05) is 6.92 Å². The number of amides is 1. The van der Waals surface area contributed by atoms with Gasteiger partial charge in [-0.25, -0.2) is 20.1 Å². The summed E-state index contributed by atoms with van der Waals surface area (Å²) in [5.41, 5.74) is 6.57. The summed E-state index contributed by atoms with van der Waals surface area (Å²) in [6.45, 7) is 1.89. The summed E-state index contributed by atoms with van der Waals surface area (Å²) in [7, 11) is 0. The van der Waals surface area contributed by atoms with Gasteiger partial charge < -0.3 is 5.73 Å². The summed E-state index contributed by atoms with van der Waals surface area (Å²) in [6, 6.07) is 2.94. The lowest BCUT2D eigenvalue weighted by atomic mass is 10.2. The van der Waals surface area contributed by atoms with E-state index >= 15 is 0 Å². The molecule has 3 aromatic rings. The van der Waals surface area contributed by atoms with E-state index in [1.165, 1.54) is 23.6 Å². The Morgan fingerprint density at radius 2 is 2.12 bits per heavy atom. The molecule has 0 saturated heterocycles. The SMILES string of the molecule is Cc1cnc(NC(=O)c2nc(Cc3ccc(=O)[nH]n3)cnc2N)s1. The van der Waals surface area contributed by atoms with Gasteiger partial charge in [-0.2, -0.15) is 5.10 Å². The topological polar surface area (TPSA) is 140 Å². The maximum Gasteiger partial charge on any atom is 0.279 e. The quantitative estimate of drug-likeness (QED) is 0.635. The van der Waals surface area contributed by atoms with Gasteiger partial charge in [-0.3, -0.25) is 14.9 Å². The number of nitrogens with zero attached hydrogens (tertiary/aromatic N) is 4. The molecule has 3 heterocycles. The first-order chi connectivity index (χ1) is 11.5. The van der Waals surface area contributed by atoms with E-state index < -0.39 is 5.91 Å². The van der Waals surface area contributed by atoms with Gasteiger partial charge in [-0.05, 0) is 13.0 Å². The Balaban J connectivity index is 1.81. The molecule has 24 heavy (non-hydrogen) atoms. The summed E-state index contributed by atoms with van der Waals surface area (Å²) in [5, 5.41) is 9.34. The third-order valence-corrected chi connectivity index (χ3v) is 3.83. The van der Waals surface area contributed by atoms with Crippen molar-refractivity contribution in [3.05, 3.63) is 56.8 Å². The number of hydrogen-bond donors (Lipinski definition) is 3. The van der Waals surface area contributed by atoms with E-state index in [-0.39, 0.29) is 17.1 Å². The number of aromatic nitrogens is 5. The number of aryl methyl sites for hydroxylation is 1. The first kappa shape index (κ1) is 15.7. The standard InChI is InChI=1S/C14H13N7O2S/c1-7-5-17-14(24-7)19-13(23)11-12(15)16-6-9(18-11)4-8-2-3-10(22)21-20-8/h2-3,5-6H,4H2,1H3,(H2,15,16)(H,21,22)(H,17,19,23). The third-order valence-electron chi connectivity index (χ3n) is 3.01. The molecule has 0 atom stereocenters. The van der Waals surface area contributed by atoms with Crippen molar-refractivity contribution < 1.29 is 4.79 Å². The van der Waals surface area contributed by atoms with Crippen LogP contribution >= 0.6 is 11.3 Å². The van der Waals surface area contributed by atoms with Gasteiger partial charge in [0.2, 0.25) is 0 Å². The molecule has 0 saturated carbocycles. The number of anilines is 2. The Kier molecular flexibility index (Phi) is 4.29. The fourth-order valence-electron chi connectivity index (χ4n) is 1.91. The van der Waals surface area contributed by atoms with Gasteiger partial charge in [0.1, 0.15) is 0 Å². The van der Waals surface area contributed by atoms with Crippen molar-refractivity contribution in [2.24, 2.45) is 0 Å². The zero-order valence-electron chi connectivity index (χ0n) is 12.6. The lowest BCUT2D eigenvalue weighted by molar-refractivity contribution is 0.102. The van der Waals surface area contributed by atoms with Gasteiger partial charge >= 0.3 is 0 Å². The van der Waals surface area contributed by atoms with Crippen LogP contribution in [0.15, 0.2) is 29.3 Å². The Labute approximate surface area is 140 Å². The molecule has 122 valence electrons. The van der Waals surface area contributed by atoms with Crippen molar-refractivity contribution in [1.82, 2.24) is 25.1 Å². The number of carbonyl (C=O) groups excluding carboxylic acids is 1. The van der Waals surface area contributed by atoms with Crippen molar-refractivity contribution in [2.75, 3.05) is 11.1 Å². The largest absolute Gasteiger partial charge is 0.382 e. The average molecular weight is 343 g/mol. The van der Waals surface area contributed by atoms with E-state index in [1.54, 1.807) is 12.3 Å². The second-order valence-corrected chi connectivity index (χ2v) is 6.15. The van der Waals surface area contributed by atoms with Crippen LogP contribution in [0.25, 0.3) is 0 Å². The van der Waals surface area contributed by atoms with Crippen LogP contribution < -0.4 is 16.6 Å². The Hall–Kier alpha value is -3.14. The van der Waals surface area contributed by atoms with Gasteiger partial charge in [-0.1, -0.05) is 0 Å². The summed E-state index contributed by atoms with van der Waals surface area (Å²) in [5.74, 6) is -0.454. The molecule has 0 spiro atoms. The van der Waals surface area contributed by atoms with E-state index in [2.05, 4.69) is 30.5 Å². The maximum atomic E-state index is 12.3. The third kappa shape index (κ3) is 3.60. The second-order valence-electron chi connectivity index (χ2n) is 4.91. The smallest absolute Gasteiger partial charge is 0.279 e. The number of aromatic amines is 1. The van der Waals surface area contributed by atoms with Crippen LogP contribution in [0.4, 0.5) is 10.9 Å². The van der Waals surface area contributed by atoms with Crippen LogP contribution in [0.5, 0.6) is 0 Å². The molecule has 0 aliphatic carbocycles. The van der Waals surface area contributed by atoms with Gasteiger partial charge in [-0.15, -0.1) is 11.3 Å². The number of nitrogens with one attached hydrogen (secondary N) is 2. The van der Waals surface area contributed by atoms with Crippen LogP contribution in [0.3, 0.4) is 0 Å². The molecule has 3 aromatic heterocycles. The van der Waals surface area contributed by atoms with Crippen molar-refractivity contribution >= 4 is 28.2 Å². The van der Waals surface area contributed by atoms with Crippen molar-refractivity contribution in [3.8, 4) is 0 Å². The fraction of sp³-hybridized carbons (Fsp3) is 0.143. The monoisotopic (exact) mass is 343 g/mol. The molecule has 0 aliphatic rings. The second kappa shape index (κ2) is 6.54. The highest BCUT2D eigenvalue weighted by molar-refractivity contribution is 7.15. The summed E-state index contributed by atoms with van der Waals surface area (Å²) < 4.78 is 0. The molecule has 0 aromatic carbocycles. The molecular formula is C14H13N7O2S. The molecule has 0 radical (unpaired) electrons.